The summed E-state index contributed by atoms with van der Waals surface area (Å²) in [6, 6.07) is 12.0. The topological polar surface area (TPSA) is 127 Å². The van der Waals surface area contributed by atoms with Gasteiger partial charge in [0.25, 0.3) is 0 Å². The van der Waals surface area contributed by atoms with Crippen LogP contribution in [0, 0.1) is 0 Å². The van der Waals surface area contributed by atoms with Gasteiger partial charge in [0.1, 0.15) is 0 Å². The Balaban J connectivity index is 0.000000251. The third kappa shape index (κ3) is 5.37. The van der Waals surface area contributed by atoms with E-state index in [0.717, 1.165) is 0 Å². The first-order chi connectivity index (χ1) is 11.9. The first-order valence-electron chi connectivity index (χ1n) is 6.73. The van der Waals surface area contributed by atoms with Crippen molar-refractivity contribution in [2.45, 2.75) is 0 Å². The Morgan fingerprint density at radius 2 is 1.08 bits per heavy atom. The van der Waals surface area contributed by atoms with E-state index in [1.807, 2.05) is 0 Å². The molecule has 136 valence electrons. The normalized spacial score (nSPS) is 12.0. The van der Waals surface area contributed by atoms with Crippen LogP contribution in [0.3, 0.4) is 0 Å². The van der Waals surface area contributed by atoms with Crippen LogP contribution in [0.2, 0.25) is 0 Å². The van der Waals surface area contributed by atoms with Crippen molar-refractivity contribution < 1.29 is 51.3 Å². The minimum atomic E-state index is -1.95. The molecule has 2 aromatic rings. The van der Waals surface area contributed by atoms with Crippen LogP contribution in [0.4, 0.5) is 0 Å². The molecule has 0 spiro atoms. The summed E-state index contributed by atoms with van der Waals surface area (Å²) in [5.41, 5.74) is 0.227. The van der Waals surface area contributed by atoms with Gasteiger partial charge in [-0.1, -0.05) is 12.1 Å². The Morgan fingerprint density at radius 1 is 0.731 bits per heavy atom. The number of fused-ring (bicyclic) bond motifs is 1. The van der Waals surface area contributed by atoms with Gasteiger partial charge in [-0.15, -0.1) is 0 Å². The second-order valence-corrected chi connectivity index (χ2v) is 6.80. The molecule has 1 aliphatic rings. The van der Waals surface area contributed by atoms with E-state index in [4.69, 9.17) is 15.6 Å². The number of carbonyl (C=O) groups excluding carboxylic acids is 2. The molecule has 0 unspecified atom stereocenters. The predicted molar refractivity (Wildman–Crippen MR) is 83.4 cm³/mol. The first kappa shape index (κ1) is 21.8. The minimum Gasteiger partial charge on any atom is 0 e. The number of aromatic carboxylic acids is 2. The molecule has 2 N–H and O–H groups in total. The van der Waals surface area contributed by atoms with Crippen LogP contribution in [-0.4, -0.2) is 59.2 Å². The largest absolute Gasteiger partial charge is 0 e. The van der Waals surface area contributed by atoms with E-state index in [2.05, 4.69) is 0 Å². The van der Waals surface area contributed by atoms with Crippen LogP contribution in [-0.2, 0) is 21.9 Å². The van der Waals surface area contributed by atoms with Crippen molar-refractivity contribution in [2.75, 3.05) is 0 Å². The Bertz CT molecular complexity index is 784. The van der Waals surface area contributed by atoms with Crippen molar-refractivity contribution in [3.8, 4) is 0 Å². The third-order valence-electron chi connectivity index (χ3n) is 3.02. The molecule has 0 bridgehead atoms. The average Bonchev–Trinajstić information content (AvgIpc) is 2.75. The van der Waals surface area contributed by atoms with Gasteiger partial charge >= 0.3 is 99.4 Å². The quantitative estimate of drug-likeness (QED) is 0.502. The molecule has 3 rings (SSSR count). The van der Waals surface area contributed by atoms with Crippen LogP contribution in [0.25, 0.3) is 0 Å². The van der Waals surface area contributed by atoms with E-state index >= 15 is 0 Å². The summed E-state index contributed by atoms with van der Waals surface area (Å²) in [7, 11) is 0. The van der Waals surface area contributed by atoms with Crippen LogP contribution in [0.15, 0.2) is 48.5 Å². The van der Waals surface area contributed by atoms with Crippen molar-refractivity contribution in [1.82, 2.24) is 0 Å². The summed E-state index contributed by atoms with van der Waals surface area (Å²) in [6.45, 7) is 0. The van der Waals surface area contributed by atoms with Gasteiger partial charge in [-0.05, 0) is 12.1 Å². The van der Waals surface area contributed by atoms with Crippen molar-refractivity contribution in [1.29, 1.82) is 0 Å². The van der Waals surface area contributed by atoms with Crippen molar-refractivity contribution in [3.05, 3.63) is 70.8 Å². The molecule has 0 aliphatic carbocycles. The molecule has 10 heteroatoms. The Kier molecular flexibility index (Phi) is 8.40. The molecule has 2 aromatic carbocycles. The van der Waals surface area contributed by atoms with E-state index in [0.29, 0.717) is 11.1 Å². The molecule has 0 fully saturated rings. The molecular formula is C16H10NiO8Pb. The maximum Gasteiger partial charge on any atom is 0 e. The van der Waals surface area contributed by atoms with E-state index in [1.165, 1.54) is 24.3 Å². The van der Waals surface area contributed by atoms with Crippen molar-refractivity contribution in [3.63, 3.8) is 0 Å². The standard InChI is InChI=1S/2C8H6O4.Ni.Pb/c2*9-7(10)5-3-1-2-4-6(5)8(11)12;;/h2*1-4H,(H,9,10)(H,11,12);;/q;;;+2/p-2. The van der Waals surface area contributed by atoms with E-state index in [9.17, 15) is 19.2 Å². The van der Waals surface area contributed by atoms with Gasteiger partial charge < -0.3 is 10.2 Å². The fourth-order valence-electron chi connectivity index (χ4n) is 1.90. The van der Waals surface area contributed by atoms with Gasteiger partial charge in [-0.3, -0.25) is 0 Å². The molecule has 26 heavy (non-hydrogen) atoms. The molecule has 1 heterocycles. The molecule has 1 aliphatic heterocycles. The molecule has 0 saturated carbocycles. The number of rotatable bonds is 2. The summed E-state index contributed by atoms with van der Waals surface area (Å²) >= 11 is -1.95. The summed E-state index contributed by atoms with van der Waals surface area (Å²) in [5, 5.41) is 17.1. The van der Waals surface area contributed by atoms with E-state index in [-0.39, 0.29) is 27.6 Å². The smallest absolute Gasteiger partial charge is 0 e. The van der Waals surface area contributed by atoms with Crippen molar-refractivity contribution in [2.24, 2.45) is 0 Å². The first-order valence-corrected chi connectivity index (χ1v) is 9.91. The van der Waals surface area contributed by atoms with E-state index < -0.39 is 49.0 Å². The van der Waals surface area contributed by atoms with Gasteiger partial charge in [0, 0.05) is 16.5 Å². The maximum atomic E-state index is 11.2. The summed E-state index contributed by atoms with van der Waals surface area (Å²) in [6.07, 6.45) is 0. The Morgan fingerprint density at radius 3 is 1.42 bits per heavy atom. The van der Waals surface area contributed by atoms with Gasteiger partial charge in [-0.25, -0.2) is 9.59 Å². The van der Waals surface area contributed by atoms with Gasteiger partial charge in [-0.2, -0.15) is 0 Å². The van der Waals surface area contributed by atoms with Crippen LogP contribution >= 0.6 is 0 Å². The van der Waals surface area contributed by atoms with Gasteiger partial charge in [0.2, 0.25) is 0 Å². The second kappa shape index (κ2) is 10.0. The Labute approximate surface area is 170 Å². The SMILES string of the molecule is O=C(O)c1ccccc1C(=O)O.O=C1[O][Pb][O]C(=O)c2ccccc21.[Ni]. The fourth-order valence-corrected chi connectivity index (χ4v) is 3.51. The van der Waals surface area contributed by atoms with Crippen molar-refractivity contribution >= 4 is 49.0 Å². The molecule has 0 amide bonds. The number of carboxylic acids is 2. The monoisotopic (exact) mass is 596 g/mol. The van der Waals surface area contributed by atoms with Crippen LogP contribution in [0.1, 0.15) is 41.4 Å². The number of carboxylic acid groups (broad SMARTS) is 2. The number of benzene rings is 2. The van der Waals surface area contributed by atoms with Crippen LogP contribution in [0.5, 0.6) is 0 Å². The number of hydrogen-bond donors (Lipinski definition) is 2. The second-order valence-electron chi connectivity index (χ2n) is 4.56. The molecule has 0 atom stereocenters. The molecule has 0 saturated heterocycles. The number of carbonyl (C=O) groups is 4. The van der Waals surface area contributed by atoms with E-state index in [1.54, 1.807) is 24.3 Å². The predicted octanol–water partition coefficient (Wildman–Crippen LogP) is 1.63. The summed E-state index contributed by atoms with van der Waals surface area (Å²) < 4.78 is 9.62. The maximum absolute atomic E-state index is 11.2. The third-order valence-corrected chi connectivity index (χ3v) is 5.11. The average molecular weight is 596 g/mol. The fraction of sp³-hybridized carbons (Fsp3) is 0. The number of hydrogen-bond acceptors (Lipinski definition) is 6. The summed E-state index contributed by atoms with van der Waals surface area (Å²) in [5.74, 6) is -3.34. The molecule has 8 nitrogen and oxygen atoms in total. The molecule has 2 radical (unpaired) electrons. The Hall–Kier alpha value is -2.26. The zero-order valence-electron chi connectivity index (χ0n) is 12.8. The molecular weight excluding hydrogens is 586 g/mol. The summed E-state index contributed by atoms with van der Waals surface area (Å²) in [4.78, 5) is 43.4. The minimum absolute atomic E-state index is 0. The van der Waals surface area contributed by atoms with Gasteiger partial charge in [0.15, 0.2) is 0 Å². The van der Waals surface area contributed by atoms with Crippen LogP contribution < -0.4 is 0 Å². The van der Waals surface area contributed by atoms with Gasteiger partial charge in [0.05, 0.1) is 11.1 Å². The molecule has 0 aromatic heterocycles. The zero-order valence-corrected chi connectivity index (χ0v) is 17.7. The zero-order chi connectivity index (χ0) is 18.4.